The van der Waals surface area contributed by atoms with Gasteiger partial charge < -0.3 is 15.0 Å². The molecule has 0 heterocycles. The lowest BCUT2D eigenvalue weighted by molar-refractivity contribution is -0.140. The average molecular weight is 538 g/mol. The number of anilines is 1. The van der Waals surface area contributed by atoms with Crippen LogP contribution in [-0.2, 0) is 26.2 Å². The Bertz CT molecular complexity index is 1370. The summed E-state index contributed by atoms with van der Waals surface area (Å²) in [4.78, 5) is 28.3. The highest BCUT2D eigenvalue weighted by atomic mass is 32.2. The Kier molecular flexibility index (Phi) is 9.52. The van der Waals surface area contributed by atoms with Crippen LogP contribution in [0.2, 0.25) is 0 Å². The highest BCUT2D eigenvalue weighted by Gasteiger charge is 2.34. The Balaban J connectivity index is 2.10. The van der Waals surface area contributed by atoms with Gasteiger partial charge in [-0.2, -0.15) is 0 Å². The summed E-state index contributed by atoms with van der Waals surface area (Å²) in [7, 11) is -1.20. The lowest BCUT2D eigenvalue weighted by Crippen LogP contribution is -2.51. The number of rotatable bonds is 11. The molecule has 3 aromatic carbocycles. The van der Waals surface area contributed by atoms with Crippen LogP contribution in [0.15, 0.2) is 77.7 Å². The highest BCUT2D eigenvalue weighted by Crippen LogP contribution is 2.32. The van der Waals surface area contributed by atoms with Crippen LogP contribution in [0, 0.1) is 13.8 Å². The van der Waals surface area contributed by atoms with Gasteiger partial charge in [-0.05, 0) is 50.1 Å². The average Bonchev–Trinajstić information content (AvgIpc) is 2.91. The Morgan fingerprint density at radius 2 is 1.63 bits per heavy atom. The van der Waals surface area contributed by atoms with Crippen molar-refractivity contribution in [1.29, 1.82) is 0 Å². The van der Waals surface area contributed by atoms with Crippen molar-refractivity contribution in [3.8, 4) is 5.75 Å². The van der Waals surface area contributed by atoms with Gasteiger partial charge >= 0.3 is 0 Å². The molecule has 9 heteroatoms. The maximum atomic E-state index is 14.0. The van der Waals surface area contributed by atoms with Gasteiger partial charge in [-0.25, -0.2) is 8.42 Å². The van der Waals surface area contributed by atoms with E-state index in [0.717, 1.165) is 21.0 Å². The number of benzene rings is 3. The van der Waals surface area contributed by atoms with Crippen molar-refractivity contribution in [2.75, 3.05) is 25.0 Å². The first-order valence-corrected chi connectivity index (χ1v) is 13.8. The van der Waals surface area contributed by atoms with Gasteiger partial charge in [-0.1, -0.05) is 66.6 Å². The van der Waals surface area contributed by atoms with Gasteiger partial charge in [0.15, 0.2) is 0 Å². The number of hydrogen-bond donors (Lipinski definition) is 1. The summed E-state index contributed by atoms with van der Waals surface area (Å²) >= 11 is 0. The van der Waals surface area contributed by atoms with E-state index in [1.807, 2.05) is 45.0 Å². The van der Waals surface area contributed by atoms with Crippen LogP contribution >= 0.6 is 0 Å². The van der Waals surface area contributed by atoms with Gasteiger partial charge in [0, 0.05) is 13.6 Å². The van der Waals surface area contributed by atoms with E-state index in [1.165, 1.54) is 31.2 Å². The molecular weight excluding hydrogens is 502 g/mol. The van der Waals surface area contributed by atoms with E-state index in [9.17, 15) is 18.0 Å². The zero-order valence-electron chi connectivity index (χ0n) is 22.5. The van der Waals surface area contributed by atoms with Gasteiger partial charge in [0.25, 0.3) is 10.0 Å². The number of methoxy groups -OCH3 is 1. The predicted molar refractivity (Wildman–Crippen MR) is 149 cm³/mol. The van der Waals surface area contributed by atoms with Crippen LogP contribution < -0.4 is 14.4 Å². The third-order valence-electron chi connectivity index (χ3n) is 6.31. The van der Waals surface area contributed by atoms with Gasteiger partial charge in [-0.3, -0.25) is 13.9 Å². The summed E-state index contributed by atoms with van der Waals surface area (Å²) in [6.45, 7) is 5.26. The van der Waals surface area contributed by atoms with Crippen molar-refractivity contribution in [1.82, 2.24) is 10.2 Å². The second-order valence-electron chi connectivity index (χ2n) is 9.05. The zero-order chi connectivity index (χ0) is 27.9. The third kappa shape index (κ3) is 6.52. The van der Waals surface area contributed by atoms with Gasteiger partial charge in [0.1, 0.15) is 18.3 Å². The fraction of sp³-hybridized carbons (Fsp3) is 0.310. The number of carbonyl (C=O) groups is 2. The Labute approximate surface area is 225 Å². The largest absolute Gasteiger partial charge is 0.495 e. The van der Waals surface area contributed by atoms with E-state index >= 15 is 0 Å². The molecule has 2 amide bonds. The first-order chi connectivity index (χ1) is 18.1. The van der Waals surface area contributed by atoms with E-state index in [0.29, 0.717) is 12.2 Å². The second kappa shape index (κ2) is 12.6. The number of amides is 2. The normalized spacial score (nSPS) is 11.9. The Hall–Kier alpha value is -3.85. The maximum absolute atomic E-state index is 14.0. The number of sulfonamides is 1. The van der Waals surface area contributed by atoms with Crippen molar-refractivity contribution in [3.05, 3.63) is 89.5 Å². The molecule has 38 heavy (non-hydrogen) atoms. The van der Waals surface area contributed by atoms with Crippen LogP contribution in [0.1, 0.15) is 30.0 Å². The molecule has 3 rings (SSSR count). The smallest absolute Gasteiger partial charge is 0.264 e. The fourth-order valence-electron chi connectivity index (χ4n) is 4.28. The standard InChI is InChI=1S/C29H35N3O5S/c1-6-25(29(34)30-4)31(19-23-11-9-10-22(3)18-23)28(33)20-32(26-12-7-8-13-27(26)37-5)38(35,36)24-16-14-21(2)15-17-24/h7-18,25H,6,19-20H2,1-5H3,(H,30,34)/t25-/m1/s1. The molecule has 0 radical (unpaired) electrons. The number of para-hydroxylation sites is 2. The fourth-order valence-corrected chi connectivity index (χ4v) is 5.70. The number of aryl methyl sites for hydroxylation is 2. The topological polar surface area (TPSA) is 96.0 Å². The summed E-state index contributed by atoms with van der Waals surface area (Å²) in [5.41, 5.74) is 2.99. The molecule has 8 nitrogen and oxygen atoms in total. The van der Waals surface area contributed by atoms with E-state index in [4.69, 9.17) is 4.74 Å². The van der Waals surface area contributed by atoms with Crippen LogP contribution in [0.25, 0.3) is 0 Å². The van der Waals surface area contributed by atoms with Crippen molar-refractivity contribution in [2.24, 2.45) is 0 Å². The van der Waals surface area contributed by atoms with Gasteiger partial charge in [0.2, 0.25) is 11.8 Å². The first-order valence-electron chi connectivity index (χ1n) is 12.4. The predicted octanol–water partition coefficient (Wildman–Crippen LogP) is 4.06. The summed E-state index contributed by atoms with van der Waals surface area (Å²) < 4.78 is 34.4. The summed E-state index contributed by atoms with van der Waals surface area (Å²) in [6, 6.07) is 20.0. The minimum Gasteiger partial charge on any atom is -0.495 e. The number of nitrogens with zero attached hydrogens (tertiary/aromatic N) is 2. The summed E-state index contributed by atoms with van der Waals surface area (Å²) in [5, 5.41) is 2.63. The second-order valence-corrected chi connectivity index (χ2v) is 10.9. The highest BCUT2D eigenvalue weighted by molar-refractivity contribution is 7.92. The number of carbonyl (C=O) groups excluding carboxylic acids is 2. The van der Waals surface area contributed by atoms with Crippen LogP contribution in [0.5, 0.6) is 5.75 Å². The lowest BCUT2D eigenvalue weighted by atomic mass is 10.1. The van der Waals surface area contributed by atoms with Crippen LogP contribution in [0.3, 0.4) is 0 Å². The molecule has 0 aliphatic carbocycles. The molecule has 0 saturated carbocycles. The minimum absolute atomic E-state index is 0.0467. The molecule has 1 N–H and O–H groups in total. The monoisotopic (exact) mass is 537 g/mol. The molecule has 202 valence electrons. The van der Waals surface area contributed by atoms with Crippen molar-refractivity contribution in [3.63, 3.8) is 0 Å². The van der Waals surface area contributed by atoms with Crippen molar-refractivity contribution in [2.45, 2.75) is 44.7 Å². The van der Waals surface area contributed by atoms with E-state index in [-0.39, 0.29) is 23.0 Å². The molecule has 0 unspecified atom stereocenters. The molecule has 0 aromatic heterocycles. The summed E-state index contributed by atoms with van der Waals surface area (Å²) in [6.07, 6.45) is 0.358. The first kappa shape index (κ1) is 28.7. The van der Waals surface area contributed by atoms with Crippen molar-refractivity contribution >= 4 is 27.5 Å². The van der Waals surface area contributed by atoms with E-state index in [1.54, 1.807) is 36.4 Å². The third-order valence-corrected chi connectivity index (χ3v) is 8.08. The number of likely N-dealkylation sites (N-methyl/N-ethyl adjacent to an activating group) is 1. The van der Waals surface area contributed by atoms with Gasteiger partial charge in [0.05, 0.1) is 17.7 Å². The maximum Gasteiger partial charge on any atom is 0.264 e. The van der Waals surface area contributed by atoms with Crippen molar-refractivity contribution < 1.29 is 22.7 Å². The lowest BCUT2D eigenvalue weighted by Gasteiger charge is -2.33. The molecule has 0 aliphatic heterocycles. The van der Waals surface area contributed by atoms with Crippen LogP contribution in [0.4, 0.5) is 5.69 Å². The molecule has 3 aromatic rings. The number of ether oxygens (including phenoxy) is 1. The van der Waals surface area contributed by atoms with Crippen LogP contribution in [-0.4, -0.2) is 51.9 Å². The molecule has 0 fully saturated rings. The van der Waals surface area contributed by atoms with E-state index in [2.05, 4.69) is 5.32 Å². The van der Waals surface area contributed by atoms with E-state index < -0.39 is 28.5 Å². The molecular formula is C29H35N3O5S. The summed E-state index contributed by atoms with van der Waals surface area (Å²) in [5.74, 6) is -0.526. The number of nitrogens with one attached hydrogen (secondary N) is 1. The number of hydrogen-bond acceptors (Lipinski definition) is 5. The zero-order valence-corrected chi connectivity index (χ0v) is 23.3. The SMILES string of the molecule is CC[C@H](C(=O)NC)N(Cc1cccc(C)c1)C(=O)CN(c1ccccc1OC)S(=O)(=O)c1ccc(C)cc1. The molecule has 1 atom stereocenters. The molecule has 0 saturated heterocycles. The molecule has 0 spiro atoms. The quantitative estimate of drug-likeness (QED) is 0.398. The molecule has 0 aliphatic rings. The minimum atomic E-state index is -4.16. The Morgan fingerprint density at radius 1 is 0.947 bits per heavy atom. The van der Waals surface area contributed by atoms with Gasteiger partial charge in [-0.15, -0.1) is 0 Å². The molecule has 0 bridgehead atoms. The Morgan fingerprint density at radius 3 is 2.24 bits per heavy atom.